The second kappa shape index (κ2) is 17.0. The van der Waals surface area contributed by atoms with Gasteiger partial charge in [0.25, 0.3) is 5.91 Å². The van der Waals surface area contributed by atoms with Gasteiger partial charge in [-0.1, -0.05) is 19.1 Å². The van der Waals surface area contributed by atoms with Gasteiger partial charge in [0, 0.05) is 17.7 Å². The van der Waals surface area contributed by atoms with E-state index in [0.717, 1.165) is 12.1 Å². The van der Waals surface area contributed by atoms with Crippen LogP contribution in [0.3, 0.4) is 0 Å². The molecule has 0 bridgehead atoms. The summed E-state index contributed by atoms with van der Waals surface area (Å²) in [5.41, 5.74) is -0.902. The summed E-state index contributed by atoms with van der Waals surface area (Å²) >= 11 is 0. The maximum absolute atomic E-state index is 13.5. The molecule has 1 saturated heterocycles. The maximum Gasteiger partial charge on any atom is 0.416 e. The molecule has 1 aliphatic heterocycles. The van der Waals surface area contributed by atoms with Gasteiger partial charge in [-0.25, -0.2) is 13.2 Å². The molecule has 16 heteroatoms. The van der Waals surface area contributed by atoms with Gasteiger partial charge >= 0.3 is 18.8 Å². The Morgan fingerprint density at radius 3 is 2.13 bits per heavy atom. The van der Waals surface area contributed by atoms with Gasteiger partial charge in [0.05, 0.1) is 54.7 Å². The summed E-state index contributed by atoms with van der Waals surface area (Å²) in [4.78, 5) is 27.8. The van der Waals surface area contributed by atoms with Crippen molar-refractivity contribution >= 4 is 27.4 Å². The molecule has 284 valence electrons. The van der Waals surface area contributed by atoms with E-state index in [0.29, 0.717) is 11.3 Å². The maximum atomic E-state index is 13.5. The van der Waals surface area contributed by atoms with Crippen LogP contribution in [0, 0.1) is 0 Å². The zero-order valence-corrected chi connectivity index (χ0v) is 29.8. The Labute approximate surface area is 299 Å². The van der Waals surface area contributed by atoms with E-state index in [2.05, 4.69) is 10.1 Å². The van der Waals surface area contributed by atoms with Crippen LogP contribution < -0.4 is 15.0 Å². The topological polar surface area (TPSA) is 120 Å². The third kappa shape index (κ3) is 10.6. The number of nitrogens with one attached hydrogen (secondary N) is 1. The Morgan fingerprint density at radius 2 is 1.58 bits per heavy atom. The highest BCUT2D eigenvalue weighted by Crippen LogP contribution is 2.33. The number of nitrogens with zero attached hydrogens (tertiary/aromatic N) is 1. The number of ether oxygens (including phenoxy) is 4. The van der Waals surface area contributed by atoms with Crippen molar-refractivity contribution in [3.63, 3.8) is 0 Å². The number of anilines is 1. The minimum absolute atomic E-state index is 0.0937. The van der Waals surface area contributed by atoms with Crippen LogP contribution in [0.25, 0.3) is 0 Å². The van der Waals surface area contributed by atoms with Crippen LogP contribution in [0.15, 0.2) is 77.7 Å². The summed E-state index contributed by atoms with van der Waals surface area (Å²) in [7, 11) is -3.48. The number of alkyl halides is 5. The summed E-state index contributed by atoms with van der Waals surface area (Å²) in [6.45, 7) is 3.03. The molecule has 1 aliphatic rings. The molecule has 10 nitrogen and oxygen atoms in total. The van der Waals surface area contributed by atoms with E-state index in [1.807, 2.05) is 0 Å². The average molecular weight is 757 g/mol. The standard InChI is InChI=1S/C36H41F5N2O8S/c1-5-48-33(45)35(3,4)50-22-31(23-9-17-30(18-10-23)52(46,47)6-2)42-32(44)24-7-13-26(14-8-24)43-20-29(19-27(43)21-49-34(37)38)51-28-15-11-25(12-16-28)36(39,40)41/h7-18,27,29,31,34H,5-6,19-22H2,1-4H3,(H,42,44)/t27-,29-,31?/m0/s1. The molecule has 3 atom stereocenters. The van der Waals surface area contributed by atoms with Crippen molar-refractivity contribution in [2.75, 3.05) is 37.0 Å². The monoisotopic (exact) mass is 756 g/mol. The van der Waals surface area contributed by atoms with Crippen LogP contribution >= 0.6 is 0 Å². The van der Waals surface area contributed by atoms with Crippen molar-refractivity contribution in [3.05, 3.63) is 89.5 Å². The summed E-state index contributed by atoms with van der Waals surface area (Å²) < 4.78 is 111. The first kappa shape index (κ1) is 40.5. The highest BCUT2D eigenvalue weighted by Gasteiger charge is 2.36. The number of carbonyl (C=O) groups excluding carboxylic acids is 2. The summed E-state index contributed by atoms with van der Waals surface area (Å²) in [5, 5.41) is 2.87. The molecule has 0 aliphatic carbocycles. The van der Waals surface area contributed by atoms with Crippen molar-refractivity contribution < 1.29 is 58.9 Å². The fourth-order valence-electron chi connectivity index (χ4n) is 5.53. The Hall–Kier alpha value is -4.28. The van der Waals surface area contributed by atoms with Crippen molar-refractivity contribution in [2.45, 2.75) is 75.6 Å². The summed E-state index contributed by atoms with van der Waals surface area (Å²) in [5.74, 6) is -1.04. The Kier molecular flexibility index (Phi) is 13.3. The van der Waals surface area contributed by atoms with Crippen LogP contribution in [0.1, 0.15) is 61.6 Å². The lowest BCUT2D eigenvalue weighted by molar-refractivity contribution is -0.168. The quantitative estimate of drug-likeness (QED) is 0.128. The van der Waals surface area contributed by atoms with Gasteiger partial charge in [0.1, 0.15) is 11.9 Å². The minimum atomic E-state index is -4.51. The lowest BCUT2D eigenvalue weighted by Gasteiger charge is -2.27. The van der Waals surface area contributed by atoms with Crippen LogP contribution in [0.5, 0.6) is 5.75 Å². The molecule has 1 heterocycles. The van der Waals surface area contributed by atoms with Gasteiger partial charge in [-0.15, -0.1) is 0 Å². The van der Waals surface area contributed by atoms with E-state index >= 15 is 0 Å². The van der Waals surface area contributed by atoms with Crippen LogP contribution in [-0.4, -0.2) is 76.8 Å². The largest absolute Gasteiger partial charge is 0.489 e. The molecule has 1 N–H and O–H groups in total. The minimum Gasteiger partial charge on any atom is -0.489 e. The second-order valence-electron chi connectivity index (χ2n) is 12.5. The Morgan fingerprint density at radius 1 is 0.942 bits per heavy atom. The number of rotatable bonds is 16. The third-order valence-electron chi connectivity index (χ3n) is 8.44. The van der Waals surface area contributed by atoms with Gasteiger partial charge in [-0.3, -0.25) is 4.79 Å². The molecule has 0 radical (unpaired) electrons. The molecule has 4 rings (SSSR count). The van der Waals surface area contributed by atoms with E-state index in [1.54, 1.807) is 36.1 Å². The van der Waals surface area contributed by atoms with Gasteiger partial charge < -0.3 is 29.2 Å². The molecule has 1 fully saturated rings. The molecule has 0 spiro atoms. The number of hydrogen-bond acceptors (Lipinski definition) is 9. The molecule has 1 unspecified atom stereocenters. The second-order valence-corrected chi connectivity index (χ2v) is 14.8. The van der Waals surface area contributed by atoms with Crippen molar-refractivity contribution in [3.8, 4) is 5.75 Å². The number of esters is 1. The molecule has 52 heavy (non-hydrogen) atoms. The van der Waals surface area contributed by atoms with E-state index in [9.17, 15) is 40.0 Å². The summed E-state index contributed by atoms with van der Waals surface area (Å²) in [6.07, 6.45) is -4.84. The van der Waals surface area contributed by atoms with Crippen LogP contribution in [0.2, 0.25) is 0 Å². The molecule has 3 aromatic carbocycles. The normalized spacial score (nSPS) is 17.2. The predicted molar refractivity (Wildman–Crippen MR) is 181 cm³/mol. The first-order valence-corrected chi connectivity index (χ1v) is 18.1. The van der Waals surface area contributed by atoms with Gasteiger partial charge in [0.15, 0.2) is 15.4 Å². The SMILES string of the molecule is CCOC(=O)C(C)(C)OCC(NC(=O)c1ccc(N2C[C@@H](Oc3ccc(C(F)(F)F)cc3)C[C@H]2COC(F)F)cc1)c1ccc(S(=O)(=O)CC)cc1. The van der Waals surface area contributed by atoms with Crippen molar-refractivity contribution in [1.29, 1.82) is 0 Å². The molecule has 0 saturated carbocycles. The number of benzene rings is 3. The van der Waals surface area contributed by atoms with Gasteiger partial charge in [-0.2, -0.15) is 22.0 Å². The molecule has 3 aromatic rings. The van der Waals surface area contributed by atoms with Crippen LogP contribution in [0.4, 0.5) is 27.6 Å². The average Bonchev–Trinajstić information content (AvgIpc) is 3.51. The third-order valence-corrected chi connectivity index (χ3v) is 10.2. The highest BCUT2D eigenvalue weighted by molar-refractivity contribution is 7.91. The Balaban J connectivity index is 1.51. The smallest absolute Gasteiger partial charge is 0.416 e. The van der Waals surface area contributed by atoms with Gasteiger partial charge in [0.2, 0.25) is 0 Å². The fraction of sp³-hybridized carbons (Fsp3) is 0.444. The highest BCUT2D eigenvalue weighted by atomic mass is 32.2. The van der Waals surface area contributed by atoms with Crippen molar-refractivity contribution in [1.82, 2.24) is 5.32 Å². The zero-order chi connectivity index (χ0) is 38.3. The number of amides is 1. The fourth-order valence-corrected chi connectivity index (χ4v) is 6.41. The summed E-state index contributed by atoms with van der Waals surface area (Å²) in [6, 6.07) is 15.0. The number of halogens is 5. The molecule has 0 aromatic heterocycles. The van der Waals surface area contributed by atoms with E-state index < -0.39 is 63.9 Å². The van der Waals surface area contributed by atoms with E-state index in [1.165, 1.54) is 57.2 Å². The number of sulfone groups is 1. The predicted octanol–water partition coefficient (Wildman–Crippen LogP) is 6.59. The van der Waals surface area contributed by atoms with Crippen molar-refractivity contribution in [2.24, 2.45) is 0 Å². The first-order valence-electron chi connectivity index (χ1n) is 16.5. The molecular weight excluding hydrogens is 715 g/mol. The van der Waals surface area contributed by atoms with E-state index in [-0.39, 0.29) is 54.7 Å². The Bertz CT molecular complexity index is 1750. The van der Waals surface area contributed by atoms with Crippen LogP contribution in [-0.2, 0) is 35.0 Å². The zero-order valence-electron chi connectivity index (χ0n) is 29.0. The van der Waals surface area contributed by atoms with E-state index in [4.69, 9.17) is 14.2 Å². The first-order chi connectivity index (χ1) is 24.4. The molecular formula is C36H41F5N2O8S. The lowest BCUT2D eigenvalue weighted by atomic mass is 10.1. The lowest BCUT2D eigenvalue weighted by Crippen LogP contribution is -2.40. The number of carbonyl (C=O) groups is 2. The van der Waals surface area contributed by atoms with Gasteiger partial charge in [-0.05, 0) is 87.0 Å². The number of hydrogen-bond donors (Lipinski definition) is 1. The molecule has 1 amide bonds.